The van der Waals surface area contributed by atoms with Gasteiger partial charge in [-0.25, -0.2) is 9.59 Å². The molecule has 1 amide bonds. The molecule has 0 fully saturated rings. The van der Waals surface area contributed by atoms with Crippen molar-refractivity contribution in [3.8, 4) is 0 Å². The second-order valence-electron chi connectivity index (χ2n) is 4.31. The highest BCUT2D eigenvalue weighted by molar-refractivity contribution is 5.81. The van der Waals surface area contributed by atoms with E-state index in [0.717, 1.165) is 12.0 Å². The highest BCUT2D eigenvalue weighted by Crippen LogP contribution is 2.08. The molecule has 1 aromatic carbocycles. The monoisotopic (exact) mass is 279 g/mol. The van der Waals surface area contributed by atoms with Gasteiger partial charge in [-0.15, -0.1) is 0 Å². The van der Waals surface area contributed by atoms with E-state index in [1.54, 1.807) is 6.92 Å². The molecule has 1 atom stereocenters. The van der Waals surface area contributed by atoms with Crippen LogP contribution < -0.4 is 5.32 Å². The minimum absolute atomic E-state index is 0.255. The van der Waals surface area contributed by atoms with Gasteiger partial charge < -0.3 is 14.8 Å². The third-order valence-corrected chi connectivity index (χ3v) is 2.92. The number of hydrogen-bond acceptors (Lipinski definition) is 4. The van der Waals surface area contributed by atoms with E-state index in [0.29, 0.717) is 6.42 Å². The van der Waals surface area contributed by atoms with Gasteiger partial charge in [-0.3, -0.25) is 0 Å². The van der Waals surface area contributed by atoms with Crippen molar-refractivity contribution in [2.24, 2.45) is 0 Å². The van der Waals surface area contributed by atoms with Crippen LogP contribution in [0.25, 0.3) is 0 Å². The molecule has 0 spiro atoms. The lowest BCUT2D eigenvalue weighted by Gasteiger charge is -2.16. The van der Waals surface area contributed by atoms with E-state index in [4.69, 9.17) is 9.47 Å². The number of rotatable bonds is 6. The van der Waals surface area contributed by atoms with Crippen LogP contribution in [-0.4, -0.2) is 31.8 Å². The maximum absolute atomic E-state index is 11.7. The van der Waals surface area contributed by atoms with E-state index in [-0.39, 0.29) is 6.61 Å². The van der Waals surface area contributed by atoms with Crippen molar-refractivity contribution in [2.75, 3.05) is 13.7 Å². The lowest BCUT2D eigenvalue weighted by Crippen LogP contribution is -2.43. The molecule has 5 heteroatoms. The molecule has 0 saturated carbocycles. The van der Waals surface area contributed by atoms with Crippen molar-refractivity contribution in [1.29, 1.82) is 0 Å². The Morgan fingerprint density at radius 3 is 2.25 bits per heavy atom. The fraction of sp³-hybridized carbons (Fsp3) is 0.467. The van der Waals surface area contributed by atoms with Crippen LogP contribution in [0.3, 0.4) is 0 Å². The Labute approximate surface area is 119 Å². The third kappa shape index (κ3) is 4.91. The molecule has 0 heterocycles. The van der Waals surface area contributed by atoms with E-state index >= 15 is 0 Å². The SMILES string of the molecule is CCOC(=O)NC(Cc1ccc(CC)cc1)C(=O)OC. The first-order valence-corrected chi connectivity index (χ1v) is 6.69. The first-order chi connectivity index (χ1) is 9.60. The summed E-state index contributed by atoms with van der Waals surface area (Å²) in [6, 6.07) is 7.16. The van der Waals surface area contributed by atoms with Crippen LogP contribution in [0.5, 0.6) is 0 Å². The Bertz CT molecular complexity index is 442. The van der Waals surface area contributed by atoms with E-state index in [1.165, 1.54) is 12.7 Å². The zero-order chi connectivity index (χ0) is 15.0. The fourth-order valence-electron chi connectivity index (χ4n) is 1.80. The first kappa shape index (κ1) is 16.0. The standard InChI is InChI=1S/C15H21NO4/c1-4-11-6-8-12(9-7-11)10-13(14(17)19-3)16-15(18)20-5-2/h6-9,13H,4-5,10H2,1-3H3,(H,16,18). The van der Waals surface area contributed by atoms with Gasteiger partial charge in [-0.1, -0.05) is 31.2 Å². The van der Waals surface area contributed by atoms with Gasteiger partial charge in [0.2, 0.25) is 0 Å². The van der Waals surface area contributed by atoms with Crippen LogP contribution in [0.4, 0.5) is 4.79 Å². The molecule has 1 aromatic rings. The van der Waals surface area contributed by atoms with Crippen LogP contribution in [0, 0.1) is 0 Å². The molecule has 0 saturated heterocycles. The Morgan fingerprint density at radius 2 is 1.75 bits per heavy atom. The molecule has 0 bridgehead atoms. The molecule has 0 radical (unpaired) electrons. The molecule has 0 aliphatic carbocycles. The lowest BCUT2D eigenvalue weighted by molar-refractivity contribution is -0.142. The van der Waals surface area contributed by atoms with E-state index in [2.05, 4.69) is 12.2 Å². The Balaban J connectivity index is 2.72. The number of nitrogens with one attached hydrogen (secondary N) is 1. The third-order valence-electron chi connectivity index (χ3n) is 2.92. The molecule has 1 unspecified atom stereocenters. The summed E-state index contributed by atoms with van der Waals surface area (Å²) in [5, 5.41) is 2.51. The van der Waals surface area contributed by atoms with E-state index in [9.17, 15) is 9.59 Å². The summed E-state index contributed by atoms with van der Waals surface area (Å²) in [5.74, 6) is -0.488. The summed E-state index contributed by atoms with van der Waals surface area (Å²) in [6.45, 7) is 4.04. The smallest absolute Gasteiger partial charge is 0.407 e. The summed E-state index contributed by atoms with van der Waals surface area (Å²) in [5.41, 5.74) is 2.18. The van der Waals surface area contributed by atoms with Gasteiger partial charge in [0.25, 0.3) is 0 Å². The molecule has 5 nitrogen and oxygen atoms in total. The molecule has 0 aromatic heterocycles. The van der Waals surface area contributed by atoms with Crippen molar-refractivity contribution in [3.05, 3.63) is 35.4 Å². The average Bonchev–Trinajstić information content (AvgIpc) is 2.46. The van der Waals surface area contributed by atoms with Crippen molar-refractivity contribution >= 4 is 12.1 Å². The summed E-state index contributed by atoms with van der Waals surface area (Å²) in [4.78, 5) is 23.1. The number of carbonyl (C=O) groups excluding carboxylic acids is 2. The number of benzene rings is 1. The number of amides is 1. The quantitative estimate of drug-likeness (QED) is 0.810. The van der Waals surface area contributed by atoms with E-state index < -0.39 is 18.1 Å². The number of hydrogen-bond donors (Lipinski definition) is 1. The van der Waals surface area contributed by atoms with Gasteiger partial charge in [-0.2, -0.15) is 0 Å². The van der Waals surface area contributed by atoms with Crippen LogP contribution in [0.2, 0.25) is 0 Å². The number of ether oxygens (including phenoxy) is 2. The normalized spacial score (nSPS) is 11.6. The highest BCUT2D eigenvalue weighted by Gasteiger charge is 2.22. The number of aryl methyl sites for hydroxylation is 1. The predicted molar refractivity (Wildman–Crippen MR) is 75.5 cm³/mol. The van der Waals surface area contributed by atoms with Gasteiger partial charge >= 0.3 is 12.1 Å². The molecular formula is C15H21NO4. The van der Waals surface area contributed by atoms with Gasteiger partial charge in [0.15, 0.2) is 0 Å². The summed E-state index contributed by atoms with van der Waals surface area (Å²) in [6.07, 6.45) is 0.713. The van der Waals surface area contributed by atoms with E-state index in [1.807, 2.05) is 24.3 Å². The number of alkyl carbamates (subject to hydrolysis) is 1. The van der Waals surface area contributed by atoms with Gasteiger partial charge in [0.1, 0.15) is 6.04 Å². The lowest BCUT2D eigenvalue weighted by atomic mass is 10.0. The molecule has 1 rings (SSSR count). The second-order valence-corrected chi connectivity index (χ2v) is 4.31. The van der Waals surface area contributed by atoms with Crippen molar-refractivity contribution < 1.29 is 19.1 Å². The van der Waals surface area contributed by atoms with Crippen LogP contribution in [-0.2, 0) is 27.1 Å². The Morgan fingerprint density at radius 1 is 1.15 bits per heavy atom. The van der Waals surface area contributed by atoms with Gasteiger partial charge in [0.05, 0.1) is 13.7 Å². The largest absolute Gasteiger partial charge is 0.467 e. The Kier molecular flexibility index (Phi) is 6.56. The van der Waals surface area contributed by atoms with Crippen molar-refractivity contribution in [1.82, 2.24) is 5.32 Å². The molecule has 20 heavy (non-hydrogen) atoms. The number of esters is 1. The van der Waals surface area contributed by atoms with Gasteiger partial charge in [-0.05, 0) is 24.5 Å². The van der Waals surface area contributed by atoms with Crippen molar-refractivity contribution in [3.63, 3.8) is 0 Å². The summed E-state index contributed by atoms with van der Waals surface area (Å²) in [7, 11) is 1.29. The van der Waals surface area contributed by atoms with Crippen LogP contribution in [0.1, 0.15) is 25.0 Å². The van der Waals surface area contributed by atoms with Crippen LogP contribution >= 0.6 is 0 Å². The summed E-state index contributed by atoms with van der Waals surface area (Å²) < 4.78 is 9.48. The predicted octanol–water partition coefficient (Wildman–Crippen LogP) is 2.08. The van der Waals surface area contributed by atoms with Crippen LogP contribution in [0.15, 0.2) is 24.3 Å². The first-order valence-electron chi connectivity index (χ1n) is 6.69. The summed E-state index contributed by atoms with van der Waals surface area (Å²) >= 11 is 0. The molecular weight excluding hydrogens is 258 g/mol. The molecule has 0 aliphatic rings. The fourth-order valence-corrected chi connectivity index (χ4v) is 1.80. The molecule has 1 N–H and O–H groups in total. The zero-order valence-electron chi connectivity index (χ0n) is 12.1. The van der Waals surface area contributed by atoms with Gasteiger partial charge in [0, 0.05) is 6.42 Å². The number of carbonyl (C=O) groups is 2. The Hall–Kier alpha value is -2.04. The average molecular weight is 279 g/mol. The van der Waals surface area contributed by atoms with Crippen molar-refractivity contribution in [2.45, 2.75) is 32.7 Å². The number of methoxy groups -OCH3 is 1. The second kappa shape index (κ2) is 8.19. The molecule has 110 valence electrons. The zero-order valence-corrected chi connectivity index (χ0v) is 12.1. The maximum atomic E-state index is 11.7. The minimum Gasteiger partial charge on any atom is -0.467 e. The topological polar surface area (TPSA) is 64.6 Å². The maximum Gasteiger partial charge on any atom is 0.407 e. The minimum atomic E-state index is -0.744. The molecule has 0 aliphatic heterocycles. The highest BCUT2D eigenvalue weighted by atomic mass is 16.6.